The second kappa shape index (κ2) is 8.42. The van der Waals surface area contributed by atoms with Crippen LogP contribution in [0.2, 0.25) is 0 Å². The highest BCUT2D eigenvalue weighted by molar-refractivity contribution is 7.17. The summed E-state index contributed by atoms with van der Waals surface area (Å²) >= 11 is 2.89. The smallest absolute Gasteiger partial charge is 0.276 e. The molecule has 4 rings (SSSR count). The number of hydrogen-bond donors (Lipinski definition) is 1. The van der Waals surface area contributed by atoms with E-state index < -0.39 is 5.91 Å². The molecule has 1 N–H and O–H groups in total. The fourth-order valence-electron chi connectivity index (χ4n) is 3.53. The van der Waals surface area contributed by atoms with E-state index in [9.17, 15) is 14.4 Å². The van der Waals surface area contributed by atoms with Crippen LogP contribution in [0.4, 0.5) is 5.00 Å². The molecule has 6 nitrogen and oxygen atoms in total. The van der Waals surface area contributed by atoms with E-state index >= 15 is 0 Å². The first-order valence-corrected chi connectivity index (χ1v) is 11.4. The summed E-state index contributed by atoms with van der Waals surface area (Å²) in [6.07, 6.45) is 4.67. The zero-order chi connectivity index (χ0) is 20.4. The van der Waals surface area contributed by atoms with Crippen molar-refractivity contribution in [3.05, 3.63) is 66.6 Å². The van der Waals surface area contributed by atoms with Gasteiger partial charge in [-0.3, -0.25) is 14.4 Å². The minimum Gasteiger partial charge on any atom is -0.312 e. The van der Waals surface area contributed by atoms with Crippen LogP contribution < -0.4 is 10.9 Å². The number of thiophene rings is 2. The molecule has 0 saturated carbocycles. The van der Waals surface area contributed by atoms with Crippen molar-refractivity contribution in [1.29, 1.82) is 0 Å². The van der Waals surface area contributed by atoms with Gasteiger partial charge in [-0.05, 0) is 55.2 Å². The van der Waals surface area contributed by atoms with Crippen LogP contribution >= 0.6 is 22.7 Å². The third-order valence-electron chi connectivity index (χ3n) is 4.91. The Morgan fingerprint density at radius 3 is 2.79 bits per heavy atom. The van der Waals surface area contributed by atoms with Gasteiger partial charge in [0, 0.05) is 17.5 Å². The molecule has 3 aromatic heterocycles. The van der Waals surface area contributed by atoms with Crippen molar-refractivity contribution in [3.63, 3.8) is 0 Å². The first-order chi connectivity index (χ1) is 14.1. The van der Waals surface area contributed by atoms with Gasteiger partial charge in [-0.15, -0.1) is 22.7 Å². The van der Waals surface area contributed by atoms with Gasteiger partial charge in [0.25, 0.3) is 11.5 Å². The van der Waals surface area contributed by atoms with Crippen LogP contribution in [0.3, 0.4) is 0 Å². The van der Waals surface area contributed by atoms with Crippen molar-refractivity contribution < 1.29 is 9.59 Å². The SMILES string of the molecule is CCCn1nc(C(=O)Nc2sc3c(c2C(=O)c2cccs2)CCCC3)ccc1=O. The van der Waals surface area contributed by atoms with Crippen molar-refractivity contribution in [3.8, 4) is 0 Å². The third kappa shape index (κ3) is 3.95. The quantitative estimate of drug-likeness (QED) is 0.600. The molecule has 3 heterocycles. The van der Waals surface area contributed by atoms with Gasteiger partial charge in [-0.1, -0.05) is 13.0 Å². The maximum Gasteiger partial charge on any atom is 0.276 e. The summed E-state index contributed by atoms with van der Waals surface area (Å²) in [4.78, 5) is 39.8. The molecule has 8 heteroatoms. The van der Waals surface area contributed by atoms with Crippen molar-refractivity contribution in [2.75, 3.05) is 5.32 Å². The molecule has 0 spiro atoms. The lowest BCUT2D eigenvalue weighted by Gasteiger charge is -2.12. The van der Waals surface area contributed by atoms with Crippen molar-refractivity contribution >= 4 is 39.4 Å². The summed E-state index contributed by atoms with van der Waals surface area (Å²) in [5, 5.41) is 9.54. The van der Waals surface area contributed by atoms with Gasteiger partial charge >= 0.3 is 0 Å². The molecule has 3 aromatic rings. The molecule has 0 saturated heterocycles. The second-order valence-corrected chi connectivity index (χ2v) is 9.01. The largest absolute Gasteiger partial charge is 0.312 e. The first-order valence-electron chi connectivity index (χ1n) is 9.70. The van der Waals surface area contributed by atoms with Crippen molar-refractivity contribution in [2.45, 2.75) is 45.6 Å². The maximum absolute atomic E-state index is 13.2. The Hall–Kier alpha value is -2.58. The number of aromatic nitrogens is 2. The van der Waals surface area contributed by atoms with E-state index in [-0.39, 0.29) is 17.0 Å². The van der Waals surface area contributed by atoms with Crippen LogP contribution in [0.1, 0.15) is 62.4 Å². The van der Waals surface area contributed by atoms with Crippen LogP contribution in [0.15, 0.2) is 34.4 Å². The number of nitrogens with one attached hydrogen (secondary N) is 1. The molecular weight excluding hydrogens is 406 g/mol. The van der Waals surface area contributed by atoms with E-state index in [1.165, 1.54) is 44.4 Å². The van der Waals surface area contributed by atoms with Gasteiger partial charge in [0.05, 0.1) is 10.4 Å². The van der Waals surface area contributed by atoms with Crippen LogP contribution in [-0.2, 0) is 19.4 Å². The number of rotatable bonds is 6. The molecule has 0 aromatic carbocycles. The number of aryl methyl sites for hydroxylation is 2. The Morgan fingerprint density at radius 1 is 1.21 bits per heavy atom. The number of hydrogen-bond acceptors (Lipinski definition) is 6. The summed E-state index contributed by atoms with van der Waals surface area (Å²) in [5.41, 5.74) is 1.61. The Kier molecular flexibility index (Phi) is 5.73. The topological polar surface area (TPSA) is 81.1 Å². The Labute approximate surface area is 176 Å². The Balaban J connectivity index is 1.69. The zero-order valence-electron chi connectivity index (χ0n) is 16.1. The van der Waals surface area contributed by atoms with Crippen molar-refractivity contribution in [2.24, 2.45) is 0 Å². The van der Waals surface area contributed by atoms with Gasteiger partial charge in [0.1, 0.15) is 10.7 Å². The molecule has 0 bridgehead atoms. The molecule has 0 unspecified atom stereocenters. The molecule has 1 amide bonds. The summed E-state index contributed by atoms with van der Waals surface area (Å²) < 4.78 is 1.30. The summed E-state index contributed by atoms with van der Waals surface area (Å²) in [6.45, 7) is 2.40. The van der Waals surface area contributed by atoms with Gasteiger partial charge in [0.2, 0.25) is 5.78 Å². The molecule has 0 fully saturated rings. The lowest BCUT2D eigenvalue weighted by molar-refractivity contribution is 0.102. The van der Waals surface area contributed by atoms with Crippen LogP contribution in [0.5, 0.6) is 0 Å². The standard InChI is InChI=1S/C21H21N3O3S2/c1-2-11-24-17(25)10-9-14(23-24)20(27)22-21-18(19(26)16-8-5-12-28-16)13-6-3-4-7-15(13)29-21/h5,8-10,12H,2-4,6-7,11H2,1H3,(H,22,27). The average molecular weight is 428 g/mol. The minimum atomic E-state index is -0.409. The molecule has 1 aliphatic rings. The van der Waals surface area contributed by atoms with E-state index in [2.05, 4.69) is 10.4 Å². The van der Waals surface area contributed by atoms with E-state index in [1.807, 2.05) is 24.4 Å². The predicted molar refractivity (Wildman–Crippen MR) is 115 cm³/mol. The maximum atomic E-state index is 13.2. The van der Waals surface area contributed by atoms with Gasteiger partial charge in [0.15, 0.2) is 0 Å². The van der Waals surface area contributed by atoms with Gasteiger partial charge in [-0.25, -0.2) is 4.68 Å². The summed E-state index contributed by atoms with van der Waals surface area (Å²) in [6, 6.07) is 6.45. The Morgan fingerprint density at radius 2 is 2.03 bits per heavy atom. The number of nitrogens with zero attached hydrogens (tertiary/aromatic N) is 2. The minimum absolute atomic E-state index is 0.0430. The monoisotopic (exact) mass is 427 g/mol. The molecule has 29 heavy (non-hydrogen) atoms. The molecular formula is C21H21N3O3S2. The average Bonchev–Trinajstić information content (AvgIpc) is 3.37. The number of ketones is 1. The Bertz CT molecular complexity index is 1110. The highest BCUT2D eigenvalue weighted by atomic mass is 32.1. The first kappa shape index (κ1) is 19.7. The summed E-state index contributed by atoms with van der Waals surface area (Å²) in [7, 11) is 0. The molecule has 0 aliphatic heterocycles. The normalized spacial score (nSPS) is 13.1. The number of amides is 1. The molecule has 0 atom stereocenters. The van der Waals surface area contributed by atoms with E-state index in [4.69, 9.17) is 0 Å². The number of anilines is 1. The fraction of sp³-hybridized carbons (Fsp3) is 0.333. The summed E-state index contributed by atoms with van der Waals surface area (Å²) in [5.74, 6) is -0.452. The lowest BCUT2D eigenvalue weighted by atomic mass is 9.93. The zero-order valence-corrected chi connectivity index (χ0v) is 17.7. The number of fused-ring (bicyclic) bond motifs is 1. The van der Waals surface area contributed by atoms with Gasteiger partial charge in [-0.2, -0.15) is 5.10 Å². The third-order valence-corrected chi connectivity index (χ3v) is 6.98. The van der Waals surface area contributed by atoms with E-state index in [0.717, 1.165) is 37.7 Å². The molecule has 150 valence electrons. The number of carbonyl (C=O) groups is 2. The highest BCUT2D eigenvalue weighted by Crippen LogP contribution is 2.39. The fourth-order valence-corrected chi connectivity index (χ4v) is 5.49. The van der Waals surface area contributed by atoms with Gasteiger partial charge < -0.3 is 5.32 Å². The number of carbonyl (C=O) groups excluding carboxylic acids is 2. The van der Waals surface area contributed by atoms with Crippen molar-refractivity contribution in [1.82, 2.24) is 9.78 Å². The van der Waals surface area contributed by atoms with E-state index in [0.29, 0.717) is 22.0 Å². The van der Waals surface area contributed by atoms with Crippen LogP contribution in [-0.4, -0.2) is 21.5 Å². The van der Waals surface area contributed by atoms with Crippen LogP contribution in [0.25, 0.3) is 0 Å². The molecule has 0 radical (unpaired) electrons. The predicted octanol–water partition coefficient (Wildman–Crippen LogP) is 4.14. The highest BCUT2D eigenvalue weighted by Gasteiger charge is 2.28. The van der Waals surface area contributed by atoms with Crippen LogP contribution in [0, 0.1) is 0 Å². The lowest BCUT2D eigenvalue weighted by Crippen LogP contribution is -2.26. The second-order valence-electron chi connectivity index (χ2n) is 6.96. The molecule has 1 aliphatic carbocycles. The van der Waals surface area contributed by atoms with E-state index in [1.54, 1.807) is 0 Å².